The number of hydrogen-bond donors (Lipinski definition) is 0. The Morgan fingerprint density at radius 3 is 1.80 bits per heavy atom. The van der Waals surface area contributed by atoms with E-state index in [1.165, 1.54) is 65.2 Å². The third-order valence-corrected chi connectivity index (χ3v) is 4.81. The third-order valence-electron chi connectivity index (χ3n) is 4.81. The maximum atomic E-state index is 2.70. The van der Waals surface area contributed by atoms with Crippen LogP contribution in [-0.2, 0) is 0 Å². The number of nitrogens with zero attached hydrogens (tertiary/aromatic N) is 3. The van der Waals surface area contributed by atoms with Gasteiger partial charge in [0.25, 0.3) is 0 Å². The first-order valence-corrected chi connectivity index (χ1v) is 8.87. The Kier molecular flexibility index (Phi) is 8.74. The normalized spacial score (nSPS) is 23.7. The van der Waals surface area contributed by atoms with Crippen molar-refractivity contribution in [3.63, 3.8) is 0 Å². The molecule has 3 heteroatoms. The predicted molar refractivity (Wildman–Crippen MR) is 89.3 cm³/mol. The zero-order valence-corrected chi connectivity index (χ0v) is 14.6. The highest BCUT2D eigenvalue weighted by atomic mass is 15.3. The summed E-state index contributed by atoms with van der Waals surface area (Å²) in [5, 5.41) is 0. The van der Waals surface area contributed by atoms with Crippen LogP contribution in [0.4, 0.5) is 0 Å². The number of likely N-dealkylation sites (tertiary alicyclic amines) is 1. The molecular formula is C17H37N3. The van der Waals surface area contributed by atoms with E-state index in [2.05, 4.69) is 35.5 Å². The summed E-state index contributed by atoms with van der Waals surface area (Å²) in [7, 11) is 0. The van der Waals surface area contributed by atoms with E-state index in [4.69, 9.17) is 0 Å². The maximum Gasteiger partial charge on any atom is 0.0110 e. The van der Waals surface area contributed by atoms with Gasteiger partial charge in [-0.2, -0.15) is 0 Å². The van der Waals surface area contributed by atoms with E-state index >= 15 is 0 Å². The second-order valence-corrected chi connectivity index (χ2v) is 6.31. The monoisotopic (exact) mass is 283 g/mol. The molecule has 2 fully saturated rings. The quantitative estimate of drug-likeness (QED) is 0.785. The van der Waals surface area contributed by atoms with Crippen LogP contribution < -0.4 is 0 Å². The van der Waals surface area contributed by atoms with E-state index in [9.17, 15) is 0 Å². The standard InChI is InChI=1S/C15H31N3.C2H6/c1-4-16-9-11-17(12-10-16)13-15-5-7-18(8-6-15)14(2)3;1-2/h14-15H,4-13H2,1-3H3;1-2H3. The minimum atomic E-state index is 0.735. The lowest BCUT2D eigenvalue weighted by Crippen LogP contribution is -2.49. The SMILES string of the molecule is CC.CCN1CCN(CC2CCN(C(C)C)CC2)CC1. The minimum Gasteiger partial charge on any atom is -0.301 e. The molecule has 0 aliphatic carbocycles. The van der Waals surface area contributed by atoms with Crippen molar-refractivity contribution in [1.29, 1.82) is 0 Å². The zero-order valence-electron chi connectivity index (χ0n) is 14.6. The molecule has 2 saturated heterocycles. The fourth-order valence-corrected chi connectivity index (χ4v) is 3.31. The highest BCUT2D eigenvalue weighted by Crippen LogP contribution is 2.20. The summed E-state index contributed by atoms with van der Waals surface area (Å²) >= 11 is 0. The van der Waals surface area contributed by atoms with Crippen molar-refractivity contribution >= 4 is 0 Å². The van der Waals surface area contributed by atoms with E-state index in [0.717, 1.165) is 12.0 Å². The predicted octanol–water partition coefficient (Wildman–Crippen LogP) is 2.77. The summed E-state index contributed by atoms with van der Waals surface area (Å²) < 4.78 is 0. The summed E-state index contributed by atoms with van der Waals surface area (Å²) in [6, 6.07) is 0.735. The van der Waals surface area contributed by atoms with Crippen LogP contribution >= 0.6 is 0 Å². The number of rotatable bonds is 4. The van der Waals surface area contributed by atoms with Crippen LogP contribution in [0, 0.1) is 5.92 Å². The lowest BCUT2D eigenvalue weighted by Gasteiger charge is -2.39. The molecule has 0 radical (unpaired) electrons. The molecule has 2 aliphatic rings. The molecule has 20 heavy (non-hydrogen) atoms. The summed E-state index contributed by atoms with van der Waals surface area (Å²) in [5.41, 5.74) is 0. The van der Waals surface area contributed by atoms with Gasteiger partial charge in [0, 0.05) is 38.8 Å². The van der Waals surface area contributed by atoms with Gasteiger partial charge in [0.05, 0.1) is 0 Å². The molecule has 0 atom stereocenters. The number of piperidine rings is 1. The maximum absolute atomic E-state index is 2.70. The fraction of sp³-hybridized carbons (Fsp3) is 1.00. The van der Waals surface area contributed by atoms with Gasteiger partial charge in [0.1, 0.15) is 0 Å². The average molecular weight is 284 g/mol. The minimum absolute atomic E-state index is 0.735. The Bertz CT molecular complexity index is 226. The molecule has 0 N–H and O–H groups in total. The molecular weight excluding hydrogens is 246 g/mol. The Hall–Kier alpha value is -0.120. The summed E-state index contributed by atoms with van der Waals surface area (Å²) in [6.45, 7) is 21.3. The molecule has 0 aromatic heterocycles. The van der Waals surface area contributed by atoms with Crippen LogP contribution in [0.15, 0.2) is 0 Å². The Morgan fingerprint density at radius 2 is 1.35 bits per heavy atom. The Labute approximate surface area is 127 Å². The number of piperazine rings is 1. The highest BCUT2D eigenvalue weighted by molar-refractivity contribution is 4.79. The van der Waals surface area contributed by atoms with E-state index in [-0.39, 0.29) is 0 Å². The van der Waals surface area contributed by atoms with Gasteiger partial charge < -0.3 is 14.7 Å². The molecule has 3 nitrogen and oxygen atoms in total. The van der Waals surface area contributed by atoms with Gasteiger partial charge in [-0.15, -0.1) is 0 Å². The molecule has 0 amide bonds. The molecule has 2 aliphatic heterocycles. The highest BCUT2D eigenvalue weighted by Gasteiger charge is 2.24. The van der Waals surface area contributed by atoms with E-state index < -0.39 is 0 Å². The van der Waals surface area contributed by atoms with Gasteiger partial charge in [-0.1, -0.05) is 20.8 Å². The van der Waals surface area contributed by atoms with Gasteiger partial charge in [-0.3, -0.25) is 0 Å². The summed E-state index contributed by atoms with van der Waals surface area (Å²) in [4.78, 5) is 7.89. The van der Waals surface area contributed by atoms with Gasteiger partial charge in [0.2, 0.25) is 0 Å². The van der Waals surface area contributed by atoms with Crippen LogP contribution in [0.2, 0.25) is 0 Å². The first kappa shape index (κ1) is 17.9. The molecule has 0 aromatic carbocycles. The largest absolute Gasteiger partial charge is 0.301 e. The van der Waals surface area contributed by atoms with Crippen LogP contribution in [-0.4, -0.2) is 73.1 Å². The van der Waals surface area contributed by atoms with Gasteiger partial charge >= 0.3 is 0 Å². The van der Waals surface area contributed by atoms with Crippen LogP contribution in [0.1, 0.15) is 47.5 Å². The molecule has 0 bridgehead atoms. The lowest BCUT2D eigenvalue weighted by molar-refractivity contribution is 0.0894. The van der Waals surface area contributed by atoms with Gasteiger partial charge in [-0.25, -0.2) is 0 Å². The van der Waals surface area contributed by atoms with Crippen molar-refractivity contribution in [3.05, 3.63) is 0 Å². The second-order valence-electron chi connectivity index (χ2n) is 6.31. The van der Waals surface area contributed by atoms with E-state index in [0.29, 0.717) is 0 Å². The average Bonchev–Trinajstić information content (AvgIpc) is 2.50. The van der Waals surface area contributed by atoms with Crippen molar-refractivity contribution in [2.45, 2.75) is 53.5 Å². The van der Waals surface area contributed by atoms with E-state index in [1.807, 2.05) is 13.8 Å². The third kappa shape index (κ3) is 5.71. The molecule has 2 rings (SSSR count). The van der Waals surface area contributed by atoms with Gasteiger partial charge in [-0.05, 0) is 52.2 Å². The molecule has 0 saturated carbocycles. The Balaban J connectivity index is 0.000000956. The van der Waals surface area contributed by atoms with Crippen molar-refractivity contribution in [1.82, 2.24) is 14.7 Å². The Morgan fingerprint density at radius 1 is 0.850 bits per heavy atom. The molecule has 120 valence electrons. The first-order valence-electron chi connectivity index (χ1n) is 8.87. The van der Waals surface area contributed by atoms with Crippen LogP contribution in [0.3, 0.4) is 0 Å². The van der Waals surface area contributed by atoms with Crippen molar-refractivity contribution in [3.8, 4) is 0 Å². The number of likely N-dealkylation sites (N-methyl/N-ethyl adjacent to an activating group) is 1. The van der Waals surface area contributed by atoms with Crippen molar-refractivity contribution in [2.24, 2.45) is 5.92 Å². The number of hydrogen-bond acceptors (Lipinski definition) is 3. The van der Waals surface area contributed by atoms with Crippen molar-refractivity contribution < 1.29 is 0 Å². The zero-order chi connectivity index (χ0) is 15.0. The molecule has 0 spiro atoms. The lowest BCUT2D eigenvalue weighted by atomic mass is 9.95. The first-order chi connectivity index (χ1) is 9.69. The smallest absolute Gasteiger partial charge is 0.0110 e. The van der Waals surface area contributed by atoms with Crippen LogP contribution in [0.25, 0.3) is 0 Å². The summed E-state index contributed by atoms with van der Waals surface area (Å²) in [5.74, 6) is 0.952. The fourth-order valence-electron chi connectivity index (χ4n) is 3.31. The van der Waals surface area contributed by atoms with Crippen molar-refractivity contribution in [2.75, 3.05) is 52.4 Å². The van der Waals surface area contributed by atoms with Crippen LogP contribution in [0.5, 0.6) is 0 Å². The molecule has 0 unspecified atom stereocenters. The van der Waals surface area contributed by atoms with Gasteiger partial charge in [0.15, 0.2) is 0 Å². The van der Waals surface area contributed by atoms with E-state index in [1.54, 1.807) is 0 Å². The second kappa shape index (κ2) is 9.75. The molecule has 2 heterocycles. The summed E-state index contributed by atoms with van der Waals surface area (Å²) in [6.07, 6.45) is 2.82. The molecule has 0 aromatic rings. The topological polar surface area (TPSA) is 9.72 Å².